The number of aromatic amines is 1. The van der Waals surface area contributed by atoms with Gasteiger partial charge in [-0.05, 0) is 36.4 Å². The number of nitrogens with zero attached hydrogens (tertiary/aromatic N) is 3. The Balaban J connectivity index is 1.59. The van der Waals surface area contributed by atoms with Crippen molar-refractivity contribution in [3.8, 4) is 34.5 Å². The molecule has 0 unspecified atom stereocenters. The molecular formula is C25H19N5O5S. The summed E-state index contributed by atoms with van der Waals surface area (Å²) in [5.41, 5.74) is 7.56. The number of nitrogens with two attached hydrogens (primary N) is 1. The van der Waals surface area contributed by atoms with E-state index in [0.29, 0.717) is 22.6 Å². The van der Waals surface area contributed by atoms with Crippen LogP contribution in [-0.4, -0.2) is 40.5 Å². The van der Waals surface area contributed by atoms with Gasteiger partial charge in [0, 0.05) is 24.6 Å². The highest BCUT2D eigenvalue weighted by Crippen LogP contribution is 2.39. The van der Waals surface area contributed by atoms with Crippen molar-refractivity contribution < 1.29 is 22.7 Å². The fourth-order valence-electron chi connectivity index (χ4n) is 3.45. The largest absolute Gasteiger partial charge is 0.453 e. The van der Waals surface area contributed by atoms with Crippen LogP contribution in [-0.2, 0) is 9.84 Å². The van der Waals surface area contributed by atoms with Crippen LogP contribution in [0.5, 0.6) is 23.0 Å². The van der Waals surface area contributed by atoms with E-state index < -0.39 is 15.7 Å². The van der Waals surface area contributed by atoms with E-state index in [0.717, 1.165) is 6.26 Å². The molecule has 3 N–H and O–H groups in total. The van der Waals surface area contributed by atoms with Crippen molar-refractivity contribution in [1.29, 1.82) is 0 Å². The number of hydrogen-bond donors (Lipinski definition) is 2. The van der Waals surface area contributed by atoms with Crippen molar-refractivity contribution in [2.24, 2.45) is 5.73 Å². The van der Waals surface area contributed by atoms with Crippen LogP contribution in [0.1, 0.15) is 10.4 Å². The van der Waals surface area contributed by atoms with Crippen molar-refractivity contribution in [3.63, 3.8) is 0 Å². The monoisotopic (exact) mass is 501 g/mol. The molecule has 0 fully saturated rings. The molecule has 0 spiro atoms. The molecule has 3 aromatic heterocycles. The molecule has 0 aliphatic carbocycles. The number of hydrogen-bond acceptors (Lipinski definition) is 8. The molecule has 0 saturated heterocycles. The summed E-state index contributed by atoms with van der Waals surface area (Å²) in [6, 6.07) is 18.2. The van der Waals surface area contributed by atoms with Crippen molar-refractivity contribution >= 4 is 26.8 Å². The number of primary amides is 1. The van der Waals surface area contributed by atoms with E-state index in [9.17, 15) is 13.2 Å². The number of carbonyl (C=O) groups is 1. The number of aromatic nitrogens is 4. The lowest BCUT2D eigenvalue weighted by atomic mass is 10.2. The molecule has 5 aromatic rings. The summed E-state index contributed by atoms with van der Waals surface area (Å²) in [7, 11) is -3.46. The summed E-state index contributed by atoms with van der Waals surface area (Å²) in [5, 5.41) is -0.0780. The van der Waals surface area contributed by atoms with Gasteiger partial charge in [0.2, 0.25) is 0 Å². The van der Waals surface area contributed by atoms with Gasteiger partial charge in [-0.15, -0.1) is 0 Å². The number of H-pyrrole nitrogens is 1. The van der Waals surface area contributed by atoms with Crippen molar-refractivity contribution in [3.05, 3.63) is 84.7 Å². The first-order valence-electron chi connectivity index (χ1n) is 10.6. The summed E-state index contributed by atoms with van der Waals surface area (Å²) in [5.74, 6) is 0.936. The zero-order valence-electron chi connectivity index (χ0n) is 18.9. The molecule has 0 atom stereocenters. The van der Waals surface area contributed by atoms with Gasteiger partial charge in [0.25, 0.3) is 5.91 Å². The number of imidazole rings is 1. The van der Waals surface area contributed by atoms with E-state index in [4.69, 9.17) is 15.2 Å². The lowest BCUT2D eigenvalue weighted by Gasteiger charge is -2.14. The topological polar surface area (TPSA) is 150 Å². The van der Waals surface area contributed by atoms with E-state index >= 15 is 0 Å². The Kier molecular flexibility index (Phi) is 5.82. The number of sulfone groups is 1. The molecule has 3 heterocycles. The second kappa shape index (κ2) is 9.12. The third-order valence-electron chi connectivity index (χ3n) is 5.14. The molecule has 0 saturated carbocycles. The molecule has 10 nitrogen and oxygen atoms in total. The van der Waals surface area contributed by atoms with Crippen LogP contribution in [0.4, 0.5) is 0 Å². The van der Waals surface area contributed by atoms with Gasteiger partial charge in [-0.25, -0.2) is 18.4 Å². The first-order valence-corrected chi connectivity index (χ1v) is 12.5. The van der Waals surface area contributed by atoms with E-state index in [2.05, 4.69) is 19.9 Å². The van der Waals surface area contributed by atoms with Crippen LogP contribution in [0.2, 0.25) is 0 Å². The Morgan fingerprint density at radius 3 is 2.39 bits per heavy atom. The van der Waals surface area contributed by atoms with Gasteiger partial charge in [-0.2, -0.15) is 0 Å². The number of para-hydroxylation sites is 1. The third-order valence-corrected chi connectivity index (χ3v) is 6.15. The zero-order valence-corrected chi connectivity index (χ0v) is 19.7. The van der Waals surface area contributed by atoms with Gasteiger partial charge in [-0.1, -0.05) is 18.2 Å². The van der Waals surface area contributed by atoms with Gasteiger partial charge in [0.15, 0.2) is 32.2 Å². The predicted octanol–water partition coefficient (Wildman–Crippen LogP) is 4.11. The van der Waals surface area contributed by atoms with Gasteiger partial charge < -0.3 is 20.2 Å². The molecule has 1 amide bonds. The maximum absolute atomic E-state index is 11.9. The summed E-state index contributed by atoms with van der Waals surface area (Å²) in [4.78, 5) is 28.0. The zero-order chi connectivity index (χ0) is 25.3. The highest BCUT2D eigenvalue weighted by Gasteiger charge is 2.17. The fourth-order valence-corrected chi connectivity index (χ4v) is 4.01. The summed E-state index contributed by atoms with van der Waals surface area (Å²) in [6.45, 7) is 0. The van der Waals surface area contributed by atoms with E-state index in [-0.39, 0.29) is 33.6 Å². The highest BCUT2D eigenvalue weighted by molar-refractivity contribution is 7.90. The average molecular weight is 502 g/mol. The van der Waals surface area contributed by atoms with Crippen LogP contribution in [0.3, 0.4) is 0 Å². The lowest BCUT2D eigenvalue weighted by molar-refractivity contribution is 0.0998. The molecule has 5 rings (SSSR count). The Bertz CT molecular complexity index is 1680. The molecule has 0 aliphatic rings. The number of carbonyl (C=O) groups excluding carboxylic acids is 1. The Morgan fingerprint density at radius 2 is 1.69 bits per heavy atom. The molecule has 0 bridgehead atoms. The number of ether oxygens (including phenoxy) is 2. The van der Waals surface area contributed by atoms with Crippen molar-refractivity contribution in [2.45, 2.75) is 5.03 Å². The van der Waals surface area contributed by atoms with E-state index in [1.807, 2.05) is 18.2 Å². The summed E-state index contributed by atoms with van der Waals surface area (Å²) < 4.78 is 35.5. The standard InChI is InChI=1S/C25H19N5O5S/c1-36(32,33)23-10-9-15(14-28-23)34-21-12-18-19(30-25(29-18)17-7-4-5-11-27-17)13-22(21)35-20-8-3-2-6-16(20)24(26)31/h2-14H,1H3,(H2,26,31)(H,29,30). The van der Waals surface area contributed by atoms with Crippen LogP contribution >= 0.6 is 0 Å². The molecule has 0 radical (unpaired) electrons. The van der Waals surface area contributed by atoms with E-state index in [1.54, 1.807) is 42.6 Å². The smallest absolute Gasteiger partial charge is 0.252 e. The molecule has 0 aliphatic heterocycles. The fraction of sp³-hybridized carbons (Fsp3) is 0.0400. The van der Waals surface area contributed by atoms with Gasteiger partial charge in [0.05, 0.1) is 22.8 Å². The Hall–Kier alpha value is -4.77. The Labute approximate surface area is 205 Å². The third kappa shape index (κ3) is 4.72. The number of nitrogens with one attached hydrogen (secondary N) is 1. The predicted molar refractivity (Wildman–Crippen MR) is 132 cm³/mol. The number of benzene rings is 2. The minimum absolute atomic E-state index is 0.0780. The van der Waals surface area contributed by atoms with Gasteiger partial charge in [-0.3, -0.25) is 9.78 Å². The quantitative estimate of drug-likeness (QED) is 0.338. The van der Waals surface area contributed by atoms with Crippen LogP contribution in [0.25, 0.3) is 22.6 Å². The van der Waals surface area contributed by atoms with Gasteiger partial charge in [0.1, 0.15) is 17.2 Å². The average Bonchev–Trinajstić information content (AvgIpc) is 3.27. The second-order valence-corrected chi connectivity index (χ2v) is 9.75. The Morgan fingerprint density at radius 1 is 0.917 bits per heavy atom. The minimum atomic E-state index is -3.46. The molecule has 11 heteroatoms. The second-order valence-electron chi connectivity index (χ2n) is 7.79. The van der Waals surface area contributed by atoms with Crippen molar-refractivity contribution in [2.75, 3.05) is 6.26 Å². The number of fused-ring (bicyclic) bond motifs is 1. The van der Waals surface area contributed by atoms with Crippen LogP contribution < -0.4 is 15.2 Å². The number of amides is 1. The van der Waals surface area contributed by atoms with Crippen LogP contribution in [0.15, 0.2) is 84.1 Å². The normalized spacial score (nSPS) is 11.4. The first kappa shape index (κ1) is 23.0. The molecular weight excluding hydrogens is 482 g/mol. The summed E-state index contributed by atoms with van der Waals surface area (Å²) >= 11 is 0. The van der Waals surface area contributed by atoms with Gasteiger partial charge >= 0.3 is 0 Å². The lowest BCUT2D eigenvalue weighted by Crippen LogP contribution is -2.12. The molecule has 180 valence electrons. The SMILES string of the molecule is CS(=O)(=O)c1ccc(Oc2cc3[nH]c(-c4ccccn4)nc3cc2Oc2ccccc2C(N)=O)cn1. The van der Waals surface area contributed by atoms with Crippen LogP contribution in [0, 0.1) is 0 Å². The molecule has 36 heavy (non-hydrogen) atoms. The summed E-state index contributed by atoms with van der Waals surface area (Å²) in [6.07, 6.45) is 4.04. The van der Waals surface area contributed by atoms with Crippen molar-refractivity contribution in [1.82, 2.24) is 19.9 Å². The molecule has 2 aromatic carbocycles. The number of pyridine rings is 2. The van der Waals surface area contributed by atoms with E-state index in [1.165, 1.54) is 18.3 Å². The first-order chi connectivity index (χ1) is 17.3. The minimum Gasteiger partial charge on any atom is -0.453 e. The maximum Gasteiger partial charge on any atom is 0.252 e. The number of rotatable bonds is 7. The maximum atomic E-state index is 11.9. The highest BCUT2D eigenvalue weighted by atomic mass is 32.2.